The van der Waals surface area contributed by atoms with Crippen LogP contribution in [0.2, 0.25) is 5.02 Å². The third kappa shape index (κ3) is 7.11. The zero-order chi connectivity index (χ0) is 15.9. The van der Waals surface area contributed by atoms with Crippen LogP contribution in [0.3, 0.4) is 0 Å². The molecule has 1 unspecified atom stereocenters. The number of nitrogens with one attached hydrogen (secondary N) is 1. The van der Waals surface area contributed by atoms with E-state index in [-0.39, 0.29) is 18.1 Å². The average molecular weight is 328 g/mol. The van der Waals surface area contributed by atoms with E-state index in [1.54, 1.807) is 12.1 Å². The molecule has 0 spiro atoms. The third-order valence-corrected chi connectivity index (χ3v) is 3.06. The number of rotatable bonds is 8. The summed E-state index contributed by atoms with van der Waals surface area (Å²) in [7, 11) is 0. The van der Waals surface area contributed by atoms with Gasteiger partial charge in [-0.05, 0) is 31.0 Å². The summed E-state index contributed by atoms with van der Waals surface area (Å²) < 4.78 is 54.7. The molecular formula is C14H18ClF4NO. The number of halogens is 5. The van der Waals surface area contributed by atoms with Gasteiger partial charge in [-0.15, -0.1) is 0 Å². The first-order valence-electron chi connectivity index (χ1n) is 6.64. The van der Waals surface area contributed by atoms with Crippen LogP contribution in [0.1, 0.15) is 18.9 Å². The van der Waals surface area contributed by atoms with Gasteiger partial charge in [0, 0.05) is 6.04 Å². The molecule has 0 amide bonds. The summed E-state index contributed by atoms with van der Waals surface area (Å²) >= 11 is 5.69. The fourth-order valence-corrected chi connectivity index (χ4v) is 2.02. The van der Waals surface area contributed by atoms with Crippen LogP contribution in [-0.4, -0.2) is 32.0 Å². The van der Waals surface area contributed by atoms with Crippen LogP contribution in [0.25, 0.3) is 0 Å². The molecule has 0 bridgehead atoms. The Labute approximate surface area is 126 Å². The smallest absolute Gasteiger partial charge is 0.370 e. The van der Waals surface area contributed by atoms with Gasteiger partial charge >= 0.3 is 6.18 Å². The number of ether oxygens (including phenoxy) is 1. The lowest BCUT2D eigenvalue weighted by Gasteiger charge is -2.19. The van der Waals surface area contributed by atoms with Crippen molar-refractivity contribution in [2.75, 3.05) is 19.8 Å². The van der Waals surface area contributed by atoms with Crippen molar-refractivity contribution in [2.45, 2.75) is 32.0 Å². The maximum absolute atomic E-state index is 13.8. The van der Waals surface area contributed by atoms with Gasteiger partial charge in [-0.2, -0.15) is 13.2 Å². The Morgan fingerprint density at radius 1 is 1.33 bits per heavy atom. The van der Waals surface area contributed by atoms with E-state index >= 15 is 0 Å². The second-order valence-electron chi connectivity index (χ2n) is 4.70. The van der Waals surface area contributed by atoms with E-state index in [0.717, 1.165) is 6.42 Å². The molecule has 21 heavy (non-hydrogen) atoms. The van der Waals surface area contributed by atoms with E-state index in [1.165, 1.54) is 6.07 Å². The van der Waals surface area contributed by atoms with Gasteiger partial charge in [-0.1, -0.05) is 30.7 Å². The topological polar surface area (TPSA) is 21.3 Å². The van der Waals surface area contributed by atoms with Crippen molar-refractivity contribution in [3.63, 3.8) is 0 Å². The van der Waals surface area contributed by atoms with Gasteiger partial charge in [0.05, 0.1) is 11.6 Å². The van der Waals surface area contributed by atoms with Gasteiger partial charge in [-0.3, -0.25) is 0 Å². The molecule has 0 saturated carbocycles. The lowest BCUT2D eigenvalue weighted by atomic mass is 10.1. The molecule has 1 rings (SSSR count). The van der Waals surface area contributed by atoms with Crippen molar-refractivity contribution < 1.29 is 22.3 Å². The summed E-state index contributed by atoms with van der Waals surface area (Å²) in [5.74, 6) is -0.543. The van der Waals surface area contributed by atoms with Crippen LogP contribution in [0.5, 0.6) is 0 Å². The monoisotopic (exact) mass is 327 g/mol. The Morgan fingerprint density at radius 3 is 2.67 bits per heavy atom. The Hall–Kier alpha value is -0.850. The normalized spacial score (nSPS) is 13.4. The number of hydrogen-bond acceptors (Lipinski definition) is 2. The predicted molar refractivity (Wildman–Crippen MR) is 74.1 cm³/mol. The highest BCUT2D eigenvalue weighted by atomic mass is 35.5. The van der Waals surface area contributed by atoms with Crippen molar-refractivity contribution in [1.82, 2.24) is 5.32 Å². The first-order chi connectivity index (χ1) is 9.83. The molecule has 1 atom stereocenters. The first-order valence-corrected chi connectivity index (χ1v) is 7.02. The quantitative estimate of drug-likeness (QED) is 0.730. The molecule has 1 aromatic rings. The largest absolute Gasteiger partial charge is 0.411 e. The molecule has 0 fully saturated rings. The van der Waals surface area contributed by atoms with Crippen molar-refractivity contribution >= 4 is 11.6 Å². The highest BCUT2D eigenvalue weighted by Crippen LogP contribution is 2.19. The molecule has 1 aromatic carbocycles. The third-order valence-electron chi connectivity index (χ3n) is 2.77. The molecule has 120 valence electrons. The van der Waals surface area contributed by atoms with E-state index in [4.69, 9.17) is 11.6 Å². The lowest BCUT2D eigenvalue weighted by Crippen LogP contribution is -2.37. The highest BCUT2D eigenvalue weighted by molar-refractivity contribution is 6.30. The van der Waals surface area contributed by atoms with Gasteiger partial charge < -0.3 is 10.1 Å². The summed E-state index contributed by atoms with van der Waals surface area (Å²) in [6.07, 6.45) is -3.34. The fourth-order valence-electron chi connectivity index (χ4n) is 1.83. The Balaban J connectivity index is 2.62. The molecule has 0 aliphatic carbocycles. The standard InChI is InChI=1S/C14H18ClF4NO/c1-2-6-20-11(8-21-9-14(17,18)19)7-10-4-3-5-12(15)13(10)16/h3-5,11,20H,2,6-9H2,1H3. The molecule has 7 heteroatoms. The molecule has 0 aliphatic heterocycles. The van der Waals surface area contributed by atoms with Crippen molar-refractivity contribution in [3.8, 4) is 0 Å². The van der Waals surface area contributed by atoms with Gasteiger partial charge in [0.15, 0.2) is 0 Å². The minimum absolute atomic E-state index is 0.00190. The van der Waals surface area contributed by atoms with E-state index < -0.39 is 24.6 Å². The highest BCUT2D eigenvalue weighted by Gasteiger charge is 2.28. The summed E-state index contributed by atoms with van der Waals surface area (Å²) in [4.78, 5) is 0. The number of hydrogen-bond donors (Lipinski definition) is 1. The van der Waals surface area contributed by atoms with Gasteiger partial charge in [0.1, 0.15) is 12.4 Å². The van der Waals surface area contributed by atoms with Crippen molar-refractivity contribution in [1.29, 1.82) is 0 Å². The second-order valence-corrected chi connectivity index (χ2v) is 5.11. The molecular weight excluding hydrogens is 310 g/mol. The van der Waals surface area contributed by atoms with E-state index in [9.17, 15) is 17.6 Å². The Kier molecular flexibility index (Phi) is 7.42. The zero-order valence-corrected chi connectivity index (χ0v) is 12.4. The number of benzene rings is 1. The van der Waals surface area contributed by atoms with Gasteiger partial charge in [-0.25, -0.2) is 4.39 Å². The molecule has 0 aliphatic rings. The molecule has 2 nitrogen and oxygen atoms in total. The minimum Gasteiger partial charge on any atom is -0.370 e. The maximum Gasteiger partial charge on any atom is 0.411 e. The molecule has 0 radical (unpaired) electrons. The lowest BCUT2D eigenvalue weighted by molar-refractivity contribution is -0.175. The van der Waals surface area contributed by atoms with E-state index in [0.29, 0.717) is 12.1 Å². The van der Waals surface area contributed by atoms with Crippen LogP contribution in [0.4, 0.5) is 17.6 Å². The Bertz CT molecular complexity index is 439. The molecule has 0 heterocycles. The van der Waals surface area contributed by atoms with E-state index in [1.807, 2.05) is 6.92 Å². The van der Waals surface area contributed by atoms with Crippen molar-refractivity contribution in [3.05, 3.63) is 34.6 Å². The van der Waals surface area contributed by atoms with Gasteiger partial charge in [0.2, 0.25) is 0 Å². The van der Waals surface area contributed by atoms with Crippen LogP contribution >= 0.6 is 11.6 Å². The zero-order valence-electron chi connectivity index (χ0n) is 11.6. The van der Waals surface area contributed by atoms with Crippen LogP contribution < -0.4 is 5.32 Å². The summed E-state index contributed by atoms with van der Waals surface area (Å²) in [6, 6.07) is 4.19. The first kappa shape index (κ1) is 18.2. The Morgan fingerprint density at radius 2 is 2.05 bits per heavy atom. The maximum atomic E-state index is 13.8. The summed E-state index contributed by atoms with van der Waals surface area (Å²) in [6.45, 7) is 1.09. The SMILES string of the molecule is CCCNC(COCC(F)(F)F)Cc1cccc(Cl)c1F. The van der Waals surface area contributed by atoms with Crippen LogP contribution in [0.15, 0.2) is 18.2 Å². The van der Waals surface area contributed by atoms with Crippen molar-refractivity contribution in [2.24, 2.45) is 0 Å². The van der Waals surface area contributed by atoms with Crippen LogP contribution in [-0.2, 0) is 11.2 Å². The summed E-state index contributed by atoms with van der Waals surface area (Å²) in [5, 5.41) is 3.05. The average Bonchev–Trinajstić information content (AvgIpc) is 2.39. The van der Waals surface area contributed by atoms with Crippen LogP contribution in [0, 0.1) is 5.82 Å². The fraction of sp³-hybridized carbons (Fsp3) is 0.571. The van der Waals surface area contributed by atoms with Gasteiger partial charge in [0.25, 0.3) is 0 Å². The molecule has 0 saturated heterocycles. The number of alkyl halides is 3. The summed E-state index contributed by atoms with van der Waals surface area (Å²) in [5.41, 5.74) is 0.353. The second kappa shape index (κ2) is 8.56. The minimum atomic E-state index is -4.36. The molecule has 1 N–H and O–H groups in total. The van der Waals surface area contributed by atoms with E-state index in [2.05, 4.69) is 10.1 Å². The molecule has 0 aromatic heterocycles. The predicted octanol–water partition coefficient (Wildman–Crippen LogP) is 3.97.